The van der Waals surface area contributed by atoms with E-state index in [4.69, 9.17) is 10.00 Å². The molecular formula is C15H13N3OS. The minimum absolute atomic E-state index is 0.633. The molecule has 2 heterocycles. The molecule has 3 aromatic rings. The van der Waals surface area contributed by atoms with Crippen molar-refractivity contribution in [3.05, 3.63) is 35.2 Å². The molecule has 1 aromatic carbocycles. The fourth-order valence-corrected chi connectivity index (χ4v) is 3.10. The molecule has 0 aliphatic heterocycles. The Labute approximate surface area is 120 Å². The van der Waals surface area contributed by atoms with Crippen LogP contribution in [0.5, 0.6) is 5.75 Å². The Morgan fingerprint density at radius 3 is 2.90 bits per heavy atom. The highest BCUT2D eigenvalue weighted by molar-refractivity contribution is 7.13. The van der Waals surface area contributed by atoms with Gasteiger partial charge in [0, 0.05) is 18.0 Å². The second-order valence-electron chi connectivity index (χ2n) is 4.35. The zero-order valence-corrected chi connectivity index (χ0v) is 12.1. The van der Waals surface area contributed by atoms with E-state index in [-0.39, 0.29) is 0 Å². The lowest BCUT2D eigenvalue weighted by Crippen LogP contribution is -1.96. The van der Waals surface area contributed by atoms with Crippen molar-refractivity contribution in [2.75, 3.05) is 7.11 Å². The minimum Gasteiger partial charge on any atom is -0.496 e. The van der Waals surface area contributed by atoms with E-state index in [1.54, 1.807) is 18.4 Å². The number of hydrogen-bond acceptors (Lipinski definition) is 4. The fraction of sp³-hybridized carbons (Fsp3) is 0.200. The molecule has 0 amide bonds. The lowest BCUT2D eigenvalue weighted by Gasteiger charge is -2.03. The van der Waals surface area contributed by atoms with Crippen molar-refractivity contribution in [3.63, 3.8) is 0 Å². The molecule has 0 fully saturated rings. The van der Waals surface area contributed by atoms with Gasteiger partial charge in [-0.2, -0.15) is 5.26 Å². The Hall–Kier alpha value is -2.32. The van der Waals surface area contributed by atoms with E-state index < -0.39 is 0 Å². The maximum Gasteiger partial charge on any atom is 0.151 e. The number of hydrogen-bond donors (Lipinski definition) is 0. The summed E-state index contributed by atoms with van der Waals surface area (Å²) in [6.45, 7) is 2.92. The van der Waals surface area contributed by atoms with Crippen molar-refractivity contribution in [3.8, 4) is 22.5 Å². The van der Waals surface area contributed by atoms with Gasteiger partial charge in [-0.3, -0.25) is 0 Å². The molecule has 0 aliphatic carbocycles. The maximum atomic E-state index is 8.98. The van der Waals surface area contributed by atoms with E-state index in [0.717, 1.165) is 34.0 Å². The number of thiophene rings is 1. The first-order chi connectivity index (χ1) is 9.76. The quantitative estimate of drug-likeness (QED) is 0.737. The summed E-state index contributed by atoms with van der Waals surface area (Å²) in [7, 11) is 1.66. The van der Waals surface area contributed by atoms with E-state index in [9.17, 15) is 0 Å². The molecule has 20 heavy (non-hydrogen) atoms. The van der Waals surface area contributed by atoms with Crippen molar-refractivity contribution < 1.29 is 4.74 Å². The largest absolute Gasteiger partial charge is 0.496 e. The van der Waals surface area contributed by atoms with Gasteiger partial charge < -0.3 is 9.30 Å². The first kappa shape index (κ1) is 12.7. The van der Waals surface area contributed by atoms with Gasteiger partial charge in [0.05, 0.1) is 34.7 Å². The summed E-state index contributed by atoms with van der Waals surface area (Å²) in [6.07, 6.45) is 0. The van der Waals surface area contributed by atoms with Gasteiger partial charge in [-0.15, -0.1) is 11.3 Å². The summed E-state index contributed by atoms with van der Waals surface area (Å²) < 4.78 is 7.39. The number of aromatic nitrogens is 2. The van der Waals surface area contributed by atoms with Crippen LogP contribution in [-0.2, 0) is 6.54 Å². The predicted octanol–water partition coefficient (Wildman–Crippen LogP) is 3.66. The molecule has 0 unspecified atom stereocenters. The fourth-order valence-electron chi connectivity index (χ4n) is 2.25. The Kier molecular flexibility index (Phi) is 3.17. The molecule has 2 aromatic heterocycles. The lowest BCUT2D eigenvalue weighted by molar-refractivity contribution is 0.417. The number of nitrogens with zero attached hydrogens (tertiary/aromatic N) is 3. The van der Waals surface area contributed by atoms with E-state index in [1.807, 2.05) is 29.6 Å². The Balaban J connectivity index is 2.22. The normalized spacial score (nSPS) is 10.7. The van der Waals surface area contributed by atoms with E-state index in [0.29, 0.717) is 5.56 Å². The molecule has 0 aliphatic rings. The summed E-state index contributed by atoms with van der Waals surface area (Å²) in [4.78, 5) is 5.74. The van der Waals surface area contributed by atoms with Crippen molar-refractivity contribution in [2.24, 2.45) is 0 Å². The van der Waals surface area contributed by atoms with Gasteiger partial charge >= 0.3 is 0 Å². The number of imidazole rings is 1. The van der Waals surface area contributed by atoms with Gasteiger partial charge in [0.25, 0.3) is 0 Å². The number of rotatable bonds is 3. The van der Waals surface area contributed by atoms with E-state index >= 15 is 0 Å². The van der Waals surface area contributed by atoms with Crippen LogP contribution >= 0.6 is 11.3 Å². The minimum atomic E-state index is 0.633. The highest BCUT2D eigenvalue weighted by Gasteiger charge is 2.14. The molecular weight excluding hydrogens is 270 g/mol. The number of ether oxygens (including phenoxy) is 1. The summed E-state index contributed by atoms with van der Waals surface area (Å²) in [5.41, 5.74) is 2.54. The van der Waals surface area contributed by atoms with Gasteiger partial charge in [0.1, 0.15) is 5.75 Å². The summed E-state index contributed by atoms with van der Waals surface area (Å²) in [5.74, 6) is 1.77. The smallest absolute Gasteiger partial charge is 0.151 e. The van der Waals surface area contributed by atoms with Gasteiger partial charge in [-0.05, 0) is 25.1 Å². The van der Waals surface area contributed by atoms with Crippen molar-refractivity contribution in [2.45, 2.75) is 13.5 Å². The third-order valence-electron chi connectivity index (χ3n) is 3.23. The Morgan fingerprint density at radius 2 is 2.25 bits per heavy atom. The Morgan fingerprint density at radius 1 is 1.40 bits per heavy atom. The number of benzene rings is 1. The maximum absolute atomic E-state index is 8.98. The van der Waals surface area contributed by atoms with Crippen LogP contribution in [0.4, 0.5) is 0 Å². The highest BCUT2D eigenvalue weighted by atomic mass is 32.1. The molecule has 5 heteroatoms. The molecule has 0 atom stereocenters. The average Bonchev–Trinajstić information content (AvgIpc) is 3.09. The molecule has 0 saturated carbocycles. The molecule has 100 valence electrons. The molecule has 0 saturated heterocycles. The predicted molar refractivity (Wildman–Crippen MR) is 80.0 cm³/mol. The van der Waals surface area contributed by atoms with Crippen LogP contribution in [0.25, 0.3) is 21.7 Å². The van der Waals surface area contributed by atoms with Crippen molar-refractivity contribution in [1.29, 1.82) is 5.26 Å². The van der Waals surface area contributed by atoms with Crippen LogP contribution in [0.2, 0.25) is 0 Å². The Bertz CT molecular complexity index is 810. The lowest BCUT2D eigenvalue weighted by atomic mass is 10.2. The van der Waals surface area contributed by atoms with Crippen molar-refractivity contribution in [1.82, 2.24) is 9.55 Å². The first-order valence-electron chi connectivity index (χ1n) is 6.30. The standard InChI is InChI=1S/C15H13N3OS/c1-3-18-13-5-4-10(8-16)6-12(13)17-15(18)14-7-11(19-2)9-20-14/h4-7,9H,3H2,1-2H3. The van der Waals surface area contributed by atoms with Crippen LogP contribution in [0.15, 0.2) is 29.6 Å². The molecule has 0 N–H and O–H groups in total. The zero-order chi connectivity index (χ0) is 14.1. The van der Waals surface area contributed by atoms with Gasteiger partial charge in [0.15, 0.2) is 5.82 Å². The molecule has 4 nitrogen and oxygen atoms in total. The third kappa shape index (κ3) is 1.95. The van der Waals surface area contributed by atoms with Crippen LogP contribution in [0.3, 0.4) is 0 Å². The molecule has 0 bridgehead atoms. The summed E-state index contributed by atoms with van der Waals surface area (Å²) in [5, 5.41) is 11.0. The summed E-state index contributed by atoms with van der Waals surface area (Å²) in [6, 6.07) is 9.76. The van der Waals surface area contributed by atoms with E-state index in [1.165, 1.54) is 0 Å². The average molecular weight is 283 g/mol. The number of aryl methyl sites for hydroxylation is 1. The second kappa shape index (κ2) is 4.99. The number of nitriles is 1. The molecule has 0 spiro atoms. The monoisotopic (exact) mass is 283 g/mol. The van der Waals surface area contributed by atoms with Crippen LogP contribution in [-0.4, -0.2) is 16.7 Å². The van der Waals surface area contributed by atoms with Crippen LogP contribution in [0.1, 0.15) is 12.5 Å². The SMILES string of the molecule is CCn1c(-c2cc(OC)cs2)nc2cc(C#N)ccc21. The topological polar surface area (TPSA) is 50.8 Å². The van der Waals surface area contributed by atoms with Gasteiger partial charge in [-0.1, -0.05) is 0 Å². The van der Waals surface area contributed by atoms with Crippen LogP contribution in [0, 0.1) is 11.3 Å². The first-order valence-corrected chi connectivity index (χ1v) is 7.18. The number of fused-ring (bicyclic) bond motifs is 1. The van der Waals surface area contributed by atoms with Crippen LogP contribution < -0.4 is 4.74 Å². The van der Waals surface area contributed by atoms with Gasteiger partial charge in [-0.25, -0.2) is 4.98 Å². The van der Waals surface area contributed by atoms with E-state index in [2.05, 4.69) is 22.5 Å². The zero-order valence-electron chi connectivity index (χ0n) is 11.3. The highest BCUT2D eigenvalue weighted by Crippen LogP contribution is 2.32. The second-order valence-corrected chi connectivity index (χ2v) is 5.26. The summed E-state index contributed by atoms with van der Waals surface area (Å²) >= 11 is 1.61. The van der Waals surface area contributed by atoms with Gasteiger partial charge in [0.2, 0.25) is 0 Å². The van der Waals surface area contributed by atoms with Crippen molar-refractivity contribution >= 4 is 22.4 Å². The third-order valence-corrected chi connectivity index (χ3v) is 4.13. The molecule has 3 rings (SSSR count). The molecule has 0 radical (unpaired) electrons. The number of methoxy groups -OCH3 is 1.